The van der Waals surface area contributed by atoms with E-state index in [1.54, 1.807) is 12.1 Å². The van der Waals surface area contributed by atoms with E-state index >= 15 is 0 Å². The van der Waals surface area contributed by atoms with E-state index in [-0.39, 0.29) is 0 Å². The molecule has 2 rings (SSSR count). The number of hydrogen-bond acceptors (Lipinski definition) is 3. The lowest BCUT2D eigenvalue weighted by Crippen LogP contribution is -2.03. The Labute approximate surface area is 145 Å². The highest BCUT2D eigenvalue weighted by Crippen LogP contribution is 2.41. The van der Waals surface area contributed by atoms with Crippen LogP contribution >= 0.6 is 47.6 Å². The Morgan fingerprint density at radius 1 is 1.05 bits per heavy atom. The monoisotopic (exact) mass is 383 g/mol. The van der Waals surface area contributed by atoms with Crippen molar-refractivity contribution in [3.05, 3.63) is 52.0 Å². The smallest absolute Gasteiger partial charge is 0.376 e. The molecule has 0 unspecified atom stereocenters. The maximum atomic E-state index is 12.5. The molecule has 8 heteroatoms. The summed E-state index contributed by atoms with van der Waals surface area (Å²) in [6.45, 7) is 0. The van der Waals surface area contributed by atoms with Gasteiger partial charge in [-0.1, -0.05) is 35.0 Å². The number of nitrogens with one attached hydrogen (secondary N) is 1. The lowest BCUT2D eigenvalue weighted by atomic mass is 10.2. The number of halogens is 5. The highest BCUT2D eigenvalue weighted by Gasteiger charge is 2.30. The van der Waals surface area contributed by atoms with Crippen molar-refractivity contribution in [1.29, 1.82) is 0 Å². The summed E-state index contributed by atoms with van der Waals surface area (Å²) in [4.78, 5) is 1.21. The quantitative estimate of drug-likeness (QED) is 0.463. The highest BCUT2D eigenvalue weighted by atomic mass is 35.5. The number of anilines is 1. The van der Waals surface area contributed by atoms with Crippen LogP contribution < -0.4 is 5.32 Å². The van der Waals surface area contributed by atoms with Crippen molar-refractivity contribution in [2.75, 3.05) is 11.2 Å². The zero-order valence-corrected chi connectivity index (χ0v) is 14.1. The van der Waals surface area contributed by atoms with Gasteiger partial charge in [0.2, 0.25) is 0 Å². The maximum Gasteiger partial charge on any atom is 0.416 e. The lowest BCUT2D eigenvalue weighted by molar-refractivity contribution is -0.137. The molecule has 2 aromatic carbocycles. The molecule has 0 heterocycles. The van der Waals surface area contributed by atoms with Crippen molar-refractivity contribution in [3.8, 4) is 0 Å². The number of hydrogen-bond donors (Lipinski definition) is 2. The van der Waals surface area contributed by atoms with Gasteiger partial charge in [-0.2, -0.15) is 25.8 Å². The van der Waals surface area contributed by atoms with Crippen molar-refractivity contribution in [2.45, 2.75) is 16.0 Å². The zero-order valence-electron chi connectivity index (χ0n) is 10.9. The summed E-state index contributed by atoms with van der Waals surface area (Å²) >= 11 is 17.6. The van der Waals surface area contributed by atoms with Gasteiger partial charge in [0.15, 0.2) is 0 Å². The van der Waals surface area contributed by atoms with Gasteiger partial charge in [0.1, 0.15) is 0 Å². The second-order valence-corrected chi connectivity index (χ2v) is 6.44. The van der Waals surface area contributed by atoms with Gasteiger partial charge in [0.05, 0.1) is 21.5 Å². The highest BCUT2D eigenvalue weighted by molar-refractivity contribution is 7.99. The first kappa shape index (κ1) is 17.7. The average molecular weight is 384 g/mol. The van der Waals surface area contributed by atoms with Gasteiger partial charge in [-0.15, -0.1) is 0 Å². The van der Waals surface area contributed by atoms with Crippen molar-refractivity contribution < 1.29 is 13.2 Å². The first-order valence-corrected chi connectivity index (χ1v) is 8.20. The van der Waals surface area contributed by atoms with Gasteiger partial charge in [0.25, 0.3) is 0 Å². The molecule has 0 atom stereocenters. The minimum atomic E-state index is -4.35. The lowest BCUT2D eigenvalue weighted by Gasteiger charge is -2.11. The summed E-state index contributed by atoms with van der Waals surface area (Å²) in [6, 6.07) is 8.22. The van der Waals surface area contributed by atoms with Gasteiger partial charge < -0.3 is 5.32 Å². The first-order chi connectivity index (χ1) is 10.3. The molecule has 0 aliphatic rings. The Bertz CT molecular complexity index is 637. The standard InChI is InChI=1S/C14H10Cl2F3NS2/c15-11-5-9(20-7-21)6-12(16)13(11)22-10-3-1-8(2-4-10)14(17,18)19/h1-6,20-21H,7H2. The Hall–Kier alpha value is -0.690. The second-order valence-electron chi connectivity index (χ2n) is 4.23. The maximum absolute atomic E-state index is 12.5. The van der Waals surface area contributed by atoms with E-state index in [9.17, 15) is 13.2 Å². The van der Waals surface area contributed by atoms with Crippen molar-refractivity contribution >= 4 is 53.3 Å². The molecule has 0 spiro atoms. The van der Waals surface area contributed by atoms with E-state index < -0.39 is 11.7 Å². The van der Waals surface area contributed by atoms with E-state index in [0.717, 1.165) is 17.8 Å². The third kappa shape index (κ3) is 4.41. The van der Waals surface area contributed by atoms with E-state index in [1.807, 2.05) is 0 Å². The molecule has 0 amide bonds. The van der Waals surface area contributed by atoms with E-state index in [2.05, 4.69) is 17.9 Å². The second kappa shape index (κ2) is 7.25. The molecule has 1 N–H and O–H groups in total. The Morgan fingerprint density at radius 2 is 1.59 bits per heavy atom. The summed E-state index contributed by atoms with van der Waals surface area (Å²) in [7, 11) is 0. The van der Waals surface area contributed by atoms with Crippen LogP contribution in [-0.2, 0) is 6.18 Å². The normalized spacial score (nSPS) is 11.5. The Morgan fingerprint density at radius 3 is 2.05 bits per heavy atom. The van der Waals surface area contributed by atoms with Crippen molar-refractivity contribution in [2.24, 2.45) is 0 Å². The molecule has 0 aliphatic heterocycles. The van der Waals surface area contributed by atoms with Crippen molar-refractivity contribution in [3.63, 3.8) is 0 Å². The SMILES string of the molecule is FC(F)(F)c1ccc(Sc2c(Cl)cc(NCS)cc2Cl)cc1. The van der Waals surface area contributed by atoms with Gasteiger partial charge >= 0.3 is 6.18 Å². The molecular formula is C14H10Cl2F3NS2. The third-order valence-corrected chi connectivity index (χ3v) is 4.81. The molecule has 1 nitrogen and oxygen atoms in total. The predicted octanol–water partition coefficient (Wildman–Crippen LogP) is 6.46. The van der Waals surface area contributed by atoms with Crippen LogP contribution in [0.25, 0.3) is 0 Å². The van der Waals surface area contributed by atoms with E-state index in [0.29, 0.717) is 25.7 Å². The van der Waals surface area contributed by atoms with Crippen LogP contribution in [0.5, 0.6) is 0 Å². The van der Waals surface area contributed by atoms with Crippen LogP contribution in [0.15, 0.2) is 46.2 Å². The summed E-state index contributed by atoms with van der Waals surface area (Å²) in [5, 5.41) is 3.80. The Kier molecular flexibility index (Phi) is 5.82. The number of alkyl halides is 3. The molecule has 0 saturated heterocycles. The fourth-order valence-electron chi connectivity index (χ4n) is 1.68. The summed E-state index contributed by atoms with van der Waals surface area (Å²) < 4.78 is 37.6. The predicted molar refractivity (Wildman–Crippen MR) is 89.5 cm³/mol. The molecule has 0 aromatic heterocycles. The number of rotatable bonds is 4. The van der Waals surface area contributed by atoms with Gasteiger partial charge in [-0.3, -0.25) is 0 Å². The van der Waals surface area contributed by atoms with Crippen LogP contribution in [0.4, 0.5) is 18.9 Å². The van der Waals surface area contributed by atoms with Gasteiger partial charge in [-0.25, -0.2) is 0 Å². The topological polar surface area (TPSA) is 12.0 Å². The third-order valence-electron chi connectivity index (χ3n) is 2.68. The molecule has 2 aromatic rings. The van der Waals surface area contributed by atoms with Gasteiger partial charge in [0, 0.05) is 15.5 Å². The van der Waals surface area contributed by atoms with Crippen LogP contribution in [0.2, 0.25) is 10.0 Å². The van der Waals surface area contributed by atoms with Crippen LogP contribution in [-0.4, -0.2) is 5.88 Å². The molecule has 0 saturated carbocycles. The Balaban J connectivity index is 2.24. The van der Waals surface area contributed by atoms with Crippen LogP contribution in [0.3, 0.4) is 0 Å². The fourth-order valence-corrected chi connectivity index (χ4v) is 3.40. The zero-order chi connectivity index (χ0) is 16.3. The molecule has 0 aliphatic carbocycles. The van der Waals surface area contributed by atoms with E-state index in [1.165, 1.54) is 23.9 Å². The minimum absolute atomic E-state index is 0.418. The molecule has 0 bridgehead atoms. The molecule has 118 valence electrons. The van der Waals surface area contributed by atoms with Crippen LogP contribution in [0.1, 0.15) is 5.56 Å². The fraction of sp³-hybridized carbons (Fsp3) is 0.143. The molecule has 22 heavy (non-hydrogen) atoms. The summed E-state index contributed by atoms with van der Waals surface area (Å²) in [6.07, 6.45) is -4.35. The van der Waals surface area contributed by atoms with Gasteiger partial charge in [-0.05, 0) is 36.4 Å². The van der Waals surface area contributed by atoms with E-state index in [4.69, 9.17) is 23.2 Å². The summed E-state index contributed by atoms with van der Waals surface area (Å²) in [5.41, 5.74) is 0.0316. The minimum Gasteiger partial charge on any atom is -0.376 e. The van der Waals surface area contributed by atoms with Crippen molar-refractivity contribution in [1.82, 2.24) is 0 Å². The molecule has 0 radical (unpaired) electrons. The number of benzene rings is 2. The largest absolute Gasteiger partial charge is 0.416 e. The van der Waals surface area contributed by atoms with Crippen LogP contribution in [0, 0.1) is 0 Å². The average Bonchev–Trinajstić information content (AvgIpc) is 2.43. The first-order valence-electron chi connectivity index (χ1n) is 6.00. The molecular weight excluding hydrogens is 374 g/mol. The molecule has 0 fully saturated rings. The summed E-state index contributed by atoms with van der Waals surface area (Å²) in [5.74, 6) is 0.429. The number of thiol groups is 1.